The van der Waals surface area contributed by atoms with Gasteiger partial charge in [-0.15, -0.1) is 11.3 Å². The molecule has 29 heavy (non-hydrogen) atoms. The number of fused-ring (bicyclic) bond motifs is 1. The molecule has 4 aromatic rings. The quantitative estimate of drug-likeness (QED) is 0.511. The fourth-order valence-electron chi connectivity index (χ4n) is 3.19. The van der Waals surface area contributed by atoms with Gasteiger partial charge >= 0.3 is 5.97 Å². The van der Waals surface area contributed by atoms with Gasteiger partial charge in [-0.05, 0) is 18.1 Å². The van der Waals surface area contributed by atoms with Crippen molar-refractivity contribution in [1.29, 1.82) is 0 Å². The van der Waals surface area contributed by atoms with Crippen molar-refractivity contribution < 1.29 is 14.6 Å². The minimum absolute atomic E-state index is 0.196. The van der Waals surface area contributed by atoms with Gasteiger partial charge in [0.1, 0.15) is 5.01 Å². The molecule has 0 aliphatic heterocycles. The van der Waals surface area contributed by atoms with Crippen molar-refractivity contribution in [2.75, 3.05) is 7.11 Å². The van der Waals surface area contributed by atoms with Crippen LogP contribution in [0.5, 0.6) is 5.75 Å². The summed E-state index contributed by atoms with van der Waals surface area (Å²) in [5, 5.41) is 13.3. The third kappa shape index (κ3) is 3.50. The first-order chi connectivity index (χ1) is 14.1. The molecule has 0 atom stereocenters. The second-order valence-electron chi connectivity index (χ2n) is 6.33. The number of thiazole rings is 1. The number of aromatic hydroxyl groups is 1. The summed E-state index contributed by atoms with van der Waals surface area (Å²) in [6.07, 6.45) is 3.65. The summed E-state index contributed by atoms with van der Waals surface area (Å²) in [6.45, 7) is 0.386. The molecule has 3 aromatic heterocycles. The highest BCUT2D eigenvalue weighted by Crippen LogP contribution is 2.30. The molecule has 3 heterocycles. The molecule has 146 valence electrons. The van der Waals surface area contributed by atoms with E-state index in [9.17, 15) is 14.7 Å². The van der Waals surface area contributed by atoms with E-state index in [-0.39, 0.29) is 17.0 Å². The summed E-state index contributed by atoms with van der Waals surface area (Å²) in [7, 11) is 1.22. The van der Waals surface area contributed by atoms with Crippen molar-refractivity contribution in [2.45, 2.75) is 13.0 Å². The van der Waals surface area contributed by atoms with E-state index in [0.29, 0.717) is 34.4 Å². The van der Waals surface area contributed by atoms with Crippen LogP contribution >= 0.6 is 11.3 Å². The van der Waals surface area contributed by atoms with E-state index in [4.69, 9.17) is 0 Å². The number of carbonyl (C=O) groups is 1. The zero-order valence-electron chi connectivity index (χ0n) is 15.5. The number of pyridine rings is 2. The van der Waals surface area contributed by atoms with Crippen molar-refractivity contribution in [3.05, 3.63) is 75.8 Å². The van der Waals surface area contributed by atoms with Crippen molar-refractivity contribution in [3.63, 3.8) is 0 Å². The molecule has 4 rings (SSSR count). The smallest absolute Gasteiger partial charge is 0.360 e. The Bertz CT molecular complexity index is 1230. The Kier molecular flexibility index (Phi) is 5.09. The highest BCUT2D eigenvalue weighted by atomic mass is 32.1. The lowest BCUT2D eigenvalue weighted by molar-refractivity contribution is 0.0591. The fraction of sp³-hybridized carbons (Fsp3) is 0.143. The Labute approximate surface area is 169 Å². The third-order valence-corrected chi connectivity index (χ3v) is 5.44. The third-order valence-electron chi connectivity index (χ3n) is 4.63. The van der Waals surface area contributed by atoms with Crippen LogP contribution in [-0.2, 0) is 17.7 Å². The molecule has 8 heteroatoms. The molecule has 0 amide bonds. The van der Waals surface area contributed by atoms with Crippen LogP contribution in [0.4, 0.5) is 0 Å². The van der Waals surface area contributed by atoms with Crippen LogP contribution in [0.15, 0.2) is 59.0 Å². The lowest BCUT2D eigenvalue weighted by Gasteiger charge is -2.14. The molecule has 1 aromatic carbocycles. The predicted molar refractivity (Wildman–Crippen MR) is 110 cm³/mol. The van der Waals surface area contributed by atoms with E-state index in [1.165, 1.54) is 24.6 Å². The number of esters is 1. The van der Waals surface area contributed by atoms with Gasteiger partial charge in [-0.2, -0.15) is 0 Å². The topological polar surface area (TPSA) is 94.3 Å². The van der Waals surface area contributed by atoms with Gasteiger partial charge in [0.15, 0.2) is 11.4 Å². The monoisotopic (exact) mass is 407 g/mol. The second-order valence-corrected chi connectivity index (χ2v) is 7.23. The van der Waals surface area contributed by atoms with E-state index in [1.807, 2.05) is 30.3 Å². The zero-order valence-corrected chi connectivity index (χ0v) is 16.3. The highest BCUT2D eigenvalue weighted by molar-refractivity contribution is 7.13. The lowest BCUT2D eigenvalue weighted by atomic mass is 10.1. The molecular weight excluding hydrogens is 390 g/mol. The summed E-state index contributed by atoms with van der Waals surface area (Å²) < 4.78 is 6.25. The van der Waals surface area contributed by atoms with E-state index < -0.39 is 5.97 Å². The van der Waals surface area contributed by atoms with Crippen LogP contribution in [0.25, 0.3) is 21.5 Å². The zero-order chi connectivity index (χ0) is 20.4. The minimum Gasteiger partial charge on any atom is -0.505 e. The Morgan fingerprint density at radius 1 is 1.24 bits per heavy atom. The predicted octanol–water partition coefficient (Wildman–Crippen LogP) is 3.25. The standard InChI is InChI=1S/C21H17N3O4S/c1-28-21(27)17-18(25)14-11-15(19-22-8-10-29-19)20(26)24(16(14)12-23-17)9-7-13-5-3-2-4-6-13/h2-6,8,10-12,25H,7,9H2,1H3. The number of aryl methyl sites for hydroxylation is 2. The first kappa shape index (κ1) is 18.8. The number of hydrogen-bond acceptors (Lipinski definition) is 7. The molecule has 0 saturated heterocycles. The second kappa shape index (κ2) is 7.84. The molecule has 0 saturated carbocycles. The maximum Gasteiger partial charge on any atom is 0.360 e. The van der Waals surface area contributed by atoms with Gasteiger partial charge in [0.05, 0.1) is 24.4 Å². The van der Waals surface area contributed by atoms with Crippen molar-refractivity contribution >= 4 is 28.2 Å². The molecule has 0 radical (unpaired) electrons. The van der Waals surface area contributed by atoms with Gasteiger partial charge in [0.2, 0.25) is 0 Å². The number of benzene rings is 1. The normalized spacial score (nSPS) is 10.9. The van der Waals surface area contributed by atoms with Crippen LogP contribution in [0.2, 0.25) is 0 Å². The Hall–Kier alpha value is -3.52. The average Bonchev–Trinajstić information content (AvgIpc) is 3.28. The number of aromatic nitrogens is 3. The van der Waals surface area contributed by atoms with Gasteiger partial charge in [0, 0.05) is 23.5 Å². The fourth-order valence-corrected chi connectivity index (χ4v) is 3.83. The van der Waals surface area contributed by atoms with Crippen LogP contribution in [0, 0.1) is 0 Å². The number of ether oxygens (including phenoxy) is 1. The van der Waals surface area contributed by atoms with Gasteiger partial charge in [-0.1, -0.05) is 30.3 Å². The summed E-state index contributed by atoms with van der Waals surface area (Å²) >= 11 is 1.33. The van der Waals surface area contributed by atoms with Crippen LogP contribution < -0.4 is 5.56 Å². The van der Waals surface area contributed by atoms with Crippen LogP contribution in [-0.4, -0.2) is 32.7 Å². The Balaban J connectivity index is 1.92. The maximum atomic E-state index is 13.2. The van der Waals surface area contributed by atoms with E-state index in [2.05, 4.69) is 14.7 Å². The Morgan fingerprint density at radius 3 is 2.72 bits per heavy atom. The SMILES string of the molecule is COC(=O)c1ncc2c(cc(-c3nccs3)c(=O)n2CCc2ccccc2)c1O. The first-order valence-corrected chi connectivity index (χ1v) is 9.75. The van der Waals surface area contributed by atoms with Gasteiger partial charge in [-0.3, -0.25) is 4.79 Å². The largest absolute Gasteiger partial charge is 0.505 e. The molecule has 0 spiro atoms. The maximum absolute atomic E-state index is 13.2. The number of nitrogens with zero attached hydrogens (tertiary/aromatic N) is 3. The Morgan fingerprint density at radius 2 is 2.03 bits per heavy atom. The van der Waals surface area contributed by atoms with Gasteiger partial charge in [0.25, 0.3) is 5.56 Å². The van der Waals surface area contributed by atoms with Crippen LogP contribution in [0.3, 0.4) is 0 Å². The molecule has 0 aliphatic rings. The van der Waals surface area contributed by atoms with Gasteiger partial charge in [-0.25, -0.2) is 14.8 Å². The minimum atomic E-state index is -0.748. The molecule has 0 aliphatic carbocycles. The summed E-state index contributed by atoms with van der Waals surface area (Å²) in [5.74, 6) is -1.07. The van der Waals surface area contributed by atoms with Gasteiger partial charge < -0.3 is 14.4 Å². The summed E-state index contributed by atoms with van der Waals surface area (Å²) in [4.78, 5) is 33.4. The van der Waals surface area contributed by atoms with E-state index in [0.717, 1.165) is 5.56 Å². The average molecular weight is 407 g/mol. The molecule has 1 N–H and O–H groups in total. The number of rotatable bonds is 5. The molecule has 0 unspecified atom stereocenters. The summed E-state index contributed by atoms with van der Waals surface area (Å²) in [6, 6.07) is 11.4. The lowest BCUT2D eigenvalue weighted by Crippen LogP contribution is -2.23. The number of methoxy groups -OCH3 is 1. The first-order valence-electron chi connectivity index (χ1n) is 8.87. The van der Waals surface area contributed by atoms with Crippen molar-refractivity contribution in [3.8, 4) is 16.3 Å². The molecule has 0 bridgehead atoms. The number of carbonyl (C=O) groups excluding carboxylic acids is 1. The van der Waals surface area contributed by atoms with E-state index >= 15 is 0 Å². The summed E-state index contributed by atoms with van der Waals surface area (Å²) in [5.41, 5.74) is 1.46. The number of hydrogen-bond donors (Lipinski definition) is 1. The van der Waals surface area contributed by atoms with Crippen molar-refractivity contribution in [2.24, 2.45) is 0 Å². The van der Waals surface area contributed by atoms with Crippen molar-refractivity contribution in [1.82, 2.24) is 14.5 Å². The molecule has 7 nitrogen and oxygen atoms in total. The molecular formula is C21H17N3O4S. The van der Waals surface area contributed by atoms with E-state index in [1.54, 1.807) is 22.2 Å². The highest BCUT2D eigenvalue weighted by Gasteiger charge is 2.21. The van der Waals surface area contributed by atoms with Crippen LogP contribution in [0.1, 0.15) is 16.1 Å². The molecule has 0 fully saturated rings.